The van der Waals surface area contributed by atoms with Crippen molar-refractivity contribution in [1.29, 1.82) is 0 Å². The molecule has 0 aliphatic carbocycles. The van der Waals surface area contributed by atoms with E-state index < -0.39 is 17.8 Å². The van der Waals surface area contributed by atoms with Crippen LogP contribution in [-0.2, 0) is 6.18 Å². The molecule has 0 aliphatic heterocycles. The molecule has 0 aromatic heterocycles. The molecule has 0 bridgehead atoms. The highest BCUT2D eigenvalue weighted by atomic mass is 19.4. The Bertz CT molecular complexity index is 882. The van der Waals surface area contributed by atoms with Gasteiger partial charge < -0.3 is 16.0 Å². The molecule has 3 amide bonds. The maximum absolute atomic E-state index is 12.5. The van der Waals surface area contributed by atoms with E-state index in [0.717, 1.165) is 24.3 Å². The number of hydrogen-bond acceptors (Lipinski definition) is 2. The number of rotatable bonds is 3. The number of carbonyl (C=O) groups excluding carboxylic acids is 2. The third-order valence-corrected chi connectivity index (χ3v) is 3.43. The molecule has 8 heteroatoms. The lowest BCUT2D eigenvalue weighted by Gasteiger charge is -2.08. The molecule has 2 aromatic carbocycles. The lowest BCUT2D eigenvalue weighted by Crippen LogP contribution is -2.28. The van der Waals surface area contributed by atoms with Gasteiger partial charge in [0.2, 0.25) is 0 Å². The van der Waals surface area contributed by atoms with E-state index in [4.69, 9.17) is 0 Å². The smallest absolute Gasteiger partial charge is 0.355 e. The zero-order valence-electron chi connectivity index (χ0n) is 14.3. The minimum absolute atomic E-state index is 0.00541. The molecule has 0 spiro atoms. The Hall–Kier alpha value is -3.47. The molecule has 0 heterocycles. The van der Waals surface area contributed by atoms with Crippen LogP contribution in [0.5, 0.6) is 0 Å². The van der Waals surface area contributed by atoms with Crippen LogP contribution in [0.2, 0.25) is 0 Å². The van der Waals surface area contributed by atoms with Gasteiger partial charge in [-0.3, -0.25) is 4.79 Å². The predicted molar refractivity (Wildman–Crippen MR) is 95.2 cm³/mol. The Morgan fingerprint density at radius 1 is 1.04 bits per heavy atom. The first-order valence-electron chi connectivity index (χ1n) is 7.83. The molecule has 0 unspecified atom stereocenters. The van der Waals surface area contributed by atoms with Crippen LogP contribution >= 0.6 is 0 Å². The number of hydrogen-bond donors (Lipinski definition) is 3. The molecule has 3 N–H and O–H groups in total. The predicted octanol–water partition coefficient (Wildman–Crippen LogP) is 3.24. The molecule has 140 valence electrons. The number of nitrogens with one attached hydrogen (secondary N) is 3. The van der Waals surface area contributed by atoms with Gasteiger partial charge in [0.05, 0.1) is 17.7 Å². The van der Waals surface area contributed by atoms with Crippen LogP contribution in [0, 0.1) is 11.8 Å². The van der Waals surface area contributed by atoms with Gasteiger partial charge in [-0.1, -0.05) is 24.0 Å². The van der Waals surface area contributed by atoms with Gasteiger partial charge in [-0.15, -0.1) is 0 Å². The minimum atomic E-state index is -4.43. The molecule has 5 nitrogen and oxygen atoms in total. The summed E-state index contributed by atoms with van der Waals surface area (Å²) in [5.74, 6) is 5.24. The van der Waals surface area contributed by atoms with Crippen molar-refractivity contribution in [2.45, 2.75) is 6.18 Å². The zero-order valence-corrected chi connectivity index (χ0v) is 14.3. The van der Waals surface area contributed by atoms with Crippen molar-refractivity contribution in [3.63, 3.8) is 0 Å². The van der Waals surface area contributed by atoms with Gasteiger partial charge in [0.25, 0.3) is 5.91 Å². The van der Waals surface area contributed by atoms with Crippen molar-refractivity contribution < 1.29 is 22.8 Å². The fourth-order valence-electron chi connectivity index (χ4n) is 2.11. The highest BCUT2D eigenvalue weighted by molar-refractivity contribution is 5.96. The largest absolute Gasteiger partial charge is 0.416 e. The van der Waals surface area contributed by atoms with Crippen molar-refractivity contribution >= 4 is 17.6 Å². The van der Waals surface area contributed by atoms with Gasteiger partial charge in [0.15, 0.2) is 0 Å². The maximum atomic E-state index is 12.5. The van der Waals surface area contributed by atoms with Crippen molar-refractivity contribution in [2.75, 3.05) is 18.9 Å². The van der Waals surface area contributed by atoms with Crippen molar-refractivity contribution in [2.24, 2.45) is 0 Å². The Labute approximate surface area is 154 Å². The highest BCUT2D eigenvalue weighted by Gasteiger charge is 2.29. The van der Waals surface area contributed by atoms with Crippen LogP contribution in [-0.4, -0.2) is 25.5 Å². The SMILES string of the molecule is CNC(=O)c1ccccc1C#CCNC(=O)Nc1ccc(C(F)(F)F)cc1. The molecule has 27 heavy (non-hydrogen) atoms. The molecule has 2 aromatic rings. The number of halogens is 3. The van der Waals surface area contributed by atoms with Crippen LogP contribution in [0.25, 0.3) is 0 Å². The standard InChI is InChI=1S/C19H16F3N3O2/c1-23-17(26)16-7-3-2-5-13(16)6-4-12-24-18(27)25-15-10-8-14(9-11-15)19(20,21)22/h2-3,5,7-11H,12H2,1H3,(H,23,26)(H2,24,25,27). The Morgan fingerprint density at radius 3 is 2.33 bits per heavy atom. The zero-order chi connectivity index (χ0) is 19.9. The van der Waals surface area contributed by atoms with Crippen LogP contribution in [0.1, 0.15) is 21.5 Å². The van der Waals surface area contributed by atoms with Gasteiger partial charge in [0, 0.05) is 18.3 Å². The molecule has 0 saturated carbocycles. The summed E-state index contributed by atoms with van der Waals surface area (Å²) in [6, 6.07) is 10.2. The number of anilines is 1. The second kappa shape index (κ2) is 8.76. The number of benzene rings is 2. The van der Waals surface area contributed by atoms with E-state index in [1.54, 1.807) is 24.3 Å². The first-order chi connectivity index (χ1) is 12.8. The fourth-order valence-corrected chi connectivity index (χ4v) is 2.11. The Kier molecular flexibility index (Phi) is 6.44. The van der Waals surface area contributed by atoms with E-state index in [1.165, 1.54) is 7.05 Å². The third-order valence-electron chi connectivity index (χ3n) is 3.43. The molecule has 0 atom stereocenters. The second-order valence-electron chi connectivity index (χ2n) is 5.31. The van der Waals surface area contributed by atoms with Crippen LogP contribution in [0.4, 0.5) is 23.7 Å². The summed E-state index contributed by atoms with van der Waals surface area (Å²) in [5.41, 5.74) is 0.357. The molecule has 0 radical (unpaired) electrons. The summed E-state index contributed by atoms with van der Waals surface area (Å²) in [4.78, 5) is 23.5. The summed E-state index contributed by atoms with van der Waals surface area (Å²) >= 11 is 0. The van der Waals surface area contributed by atoms with Crippen molar-refractivity contribution in [3.05, 3.63) is 65.2 Å². The summed E-state index contributed by atoms with van der Waals surface area (Å²) in [7, 11) is 1.51. The summed E-state index contributed by atoms with van der Waals surface area (Å²) in [5, 5.41) is 7.39. The van der Waals surface area contributed by atoms with Crippen LogP contribution in [0.15, 0.2) is 48.5 Å². The first kappa shape index (κ1) is 19.8. The van der Waals surface area contributed by atoms with Gasteiger partial charge >= 0.3 is 12.2 Å². The molecule has 2 rings (SSSR count). The van der Waals surface area contributed by atoms with Crippen LogP contribution < -0.4 is 16.0 Å². The number of alkyl halides is 3. The molecular weight excluding hydrogens is 359 g/mol. The first-order valence-corrected chi connectivity index (χ1v) is 7.83. The molecule has 0 saturated heterocycles. The Morgan fingerprint density at radius 2 is 1.70 bits per heavy atom. The number of amides is 3. The lowest BCUT2D eigenvalue weighted by atomic mass is 10.1. The van der Waals surface area contributed by atoms with E-state index in [-0.39, 0.29) is 18.1 Å². The van der Waals surface area contributed by atoms with Crippen molar-refractivity contribution in [3.8, 4) is 11.8 Å². The van der Waals surface area contributed by atoms with Gasteiger partial charge in [-0.25, -0.2) is 4.79 Å². The number of urea groups is 1. The van der Waals surface area contributed by atoms with E-state index in [2.05, 4.69) is 27.8 Å². The van der Waals surface area contributed by atoms with Gasteiger partial charge in [-0.2, -0.15) is 13.2 Å². The highest BCUT2D eigenvalue weighted by Crippen LogP contribution is 2.29. The van der Waals surface area contributed by atoms with E-state index in [1.807, 2.05) is 0 Å². The quantitative estimate of drug-likeness (QED) is 0.721. The molecule has 0 fully saturated rings. The Balaban J connectivity index is 1.91. The summed E-state index contributed by atoms with van der Waals surface area (Å²) in [6.45, 7) is -0.00541. The third kappa shape index (κ3) is 5.78. The summed E-state index contributed by atoms with van der Waals surface area (Å²) in [6.07, 6.45) is -4.43. The average Bonchev–Trinajstić information content (AvgIpc) is 2.64. The molecular formula is C19H16F3N3O2. The average molecular weight is 375 g/mol. The molecule has 0 aliphatic rings. The summed E-state index contributed by atoms with van der Waals surface area (Å²) < 4.78 is 37.5. The second-order valence-corrected chi connectivity index (χ2v) is 5.31. The van der Waals surface area contributed by atoms with E-state index in [0.29, 0.717) is 11.1 Å². The maximum Gasteiger partial charge on any atom is 0.416 e. The van der Waals surface area contributed by atoms with Crippen LogP contribution in [0.3, 0.4) is 0 Å². The lowest BCUT2D eigenvalue weighted by molar-refractivity contribution is -0.137. The topological polar surface area (TPSA) is 70.2 Å². The monoisotopic (exact) mass is 375 g/mol. The van der Waals surface area contributed by atoms with E-state index >= 15 is 0 Å². The minimum Gasteiger partial charge on any atom is -0.355 e. The van der Waals surface area contributed by atoms with Crippen molar-refractivity contribution in [1.82, 2.24) is 10.6 Å². The van der Waals surface area contributed by atoms with Gasteiger partial charge in [-0.05, 0) is 36.4 Å². The number of carbonyl (C=O) groups is 2. The fraction of sp³-hybridized carbons (Fsp3) is 0.158. The van der Waals surface area contributed by atoms with Gasteiger partial charge in [0.1, 0.15) is 0 Å². The van der Waals surface area contributed by atoms with E-state index in [9.17, 15) is 22.8 Å². The normalized spacial score (nSPS) is 10.4.